The van der Waals surface area contributed by atoms with Gasteiger partial charge in [0.15, 0.2) is 12.3 Å². The van der Waals surface area contributed by atoms with E-state index in [-0.39, 0.29) is 23.8 Å². The van der Waals surface area contributed by atoms with Crippen molar-refractivity contribution in [3.8, 4) is 0 Å². The number of quaternary nitrogens is 1. The van der Waals surface area contributed by atoms with E-state index in [1.807, 2.05) is 20.0 Å². The number of carbonyl (C=O) groups is 1. The second-order valence-corrected chi connectivity index (χ2v) is 5.65. The Labute approximate surface area is 134 Å². The van der Waals surface area contributed by atoms with Crippen LogP contribution in [0.3, 0.4) is 0 Å². The predicted molar refractivity (Wildman–Crippen MR) is 85.4 cm³/mol. The summed E-state index contributed by atoms with van der Waals surface area (Å²) in [6.07, 6.45) is 1.58. The normalized spacial score (nSPS) is 12.0. The zero-order chi connectivity index (χ0) is 17.0. The first-order valence-electron chi connectivity index (χ1n) is 7.26. The van der Waals surface area contributed by atoms with Crippen LogP contribution in [0.1, 0.15) is 16.9 Å². The van der Waals surface area contributed by atoms with Gasteiger partial charge < -0.3 is 14.6 Å². The largest absolute Gasteiger partial charge is 0.463 e. The molecule has 1 atom stereocenters. The van der Waals surface area contributed by atoms with E-state index in [9.17, 15) is 14.9 Å². The minimum atomic E-state index is -0.485. The highest BCUT2D eigenvalue weighted by Gasteiger charge is 2.19. The molecule has 1 unspecified atom stereocenters. The summed E-state index contributed by atoms with van der Waals surface area (Å²) in [5.74, 6) is 0.507. The van der Waals surface area contributed by atoms with Gasteiger partial charge in [0.1, 0.15) is 12.2 Å². The number of anilines is 1. The molecule has 7 nitrogen and oxygen atoms in total. The van der Waals surface area contributed by atoms with Gasteiger partial charge >= 0.3 is 0 Å². The number of likely N-dealkylation sites (N-methyl/N-ethyl adjacent to an activating group) is 1. The van der Waals surface area contributed by atoms with Gasteiger partial charge in [0.05, 0.1) is 18.2 Å². The number of hydrogen-bond acceptors (Lipinski definition) is 4. The van der Waals surface area contributed by atoms with E-state index in [4.69, 9.17) is 4.42 Å². The van der Waals surface area contributed by atoms with Crippen molar-refractivity contribution in [2.24, 2.45) is 0 Å². The van der Waals surface area contributed by atoms with E-state index in [0.717, 1.165) is 21.8 Å². The first kappa shape index (κ1) is 16.7. The summed E-state index contributed by atoms with van der Waals surface area (Å²) < 4.78 is 5.24. The molecule has 122 valence electrons. The Hall–Kier alpha value is -2.67. The highest BCUT2D eigenvalue weighted by molar-refractivity contribution is 5.94. The van der Waals surface area contributed by atoms with Crippen molar-refractivity contribution in [1.82, 2.24) is 0 Å². The van der Waals surface area contributed by atoms with Crippen molar-refractivity contribution in [1.29, 1.82) is 0 Å². The number of furan rings is 1. The van der Waals surface area contributed by atoms with Crippen molar-refractivity contribution in [3.05, 3.63) is 57.5 Å². The number of nitrogens with one attached hydrogen (secondary N) is 2. The SMILES string of the molecule is Cc1cc(NC(=O)C[NH+](C)Cc2ccco2)c([N+](=O)[O-])cc1C. The molecule has 1 aromatic carbocycles. The van der Waals surface area contributed by atoms with Crippen LogP contribution in [0.4, 0.5) is 11.4 Å². The Morgan fingerprint density at radius 2 is 2.04 bits per heavy atom. The van der Waals surface area contributed by atoms with Crippen molar-refractivity contribution < 1.29 is 19.0 Å². The first-order valence-corrected chi connectivity index (χ1v) is 7.26. The second kappa shape index (κ2) is 7.06. The summed E-state index contributed by atoms with van der Waals surface area (Å²) >= 11 is 0. The average molecular weight is 318 g/mol. The fourth-order valence-corrected chi connectivity index (χ4v) is 2.29. The minimum absolute atomic E-state index is 0.0925. The van der Waals surface area contributed by atoms with Crippen LogP contribution in [-0.4, -0.2) is 24.4 Å². The second-order valence-electron chi connectivity index (χ2n) is 5.65. The zero-order valence-corrected chi connectivity index (χ0v) is 13.4. The van der Waals surface area contributed by atoms with Crippen molar-refractivity contribution in [3.63, 3.8) is 0 Å². The molecule has 2 rings (SSSR count). The van der Waals surface area contributed by atoms with Gasteiger partial charge in [0.2, 0.25) is 0 Å². The van der Waals surface area contributed by atoms with Gasteiger partial charge in [-0.2, -0.15) is 0 Å². The Kier molecular flexibility index (Phi) is 5.13. The standard InChI is InChI=1S/C16H19N3O4/c1-11-7-14(15(19(21)22)8-12(11)2)17-16(20)10-18(3)9-13-5-4-6-23-13/h4-8H,9-10H2,1-3H3,(H,17,20)/p+1. The van der Waals surface area contributed by atoms with Crippen LogP contribution in [-0.2, 0) is 11.3 Å². The average Bonchev–Trinajstić information content (AvgIpc) is 2.94. The van der Waals surface area contributed by atoms with E-state index in [0.29, 0.717) is 6.54 Å². The van der Waals surface area contributed by atoms with E-state index in [1.54, 1.807) is 25.3 Å². The predicted octanol–water partition coefficient (Wildman–Crippen LogP) is 1.46. The third-order valence-corrected chi connectivity index (χ3v) is 3.60. The lowest BCUT2D eigenvalue weighted by Crippen LogP contribution is -3.08. The number of amides is 1. The highest BCUT2D eigenvalue weighted by Crippen LogP contribution is 2.27. The molecule has 0 fully saturated rings. The monoisotopic (exact) mass is 318 g/mol. The molecule has 0 aliphatic rings. The van der Waals surface area contributed by atoms with E-state index < -0.39 is 4.92 Å². The number of rotatable bonds is 6. The van der Waals surface area contributed by atoms with Gasteiger partial charge in [-0.3, -0.25) is 14.9 Å². The summed E-state index contributed by atoms with van der Waals surface area (Å²) in [5, 5.41) is 13.8. The summed E-state index contributed by atoms with van der Waals surface area (Å²) in [6.45, 7) is 4.40. The van der Waals surface area contributed by atoms with Crippen LogP contribution >= 0.6 is 0 Å². The number of nitrogens with zero attached hydrogens (tertiary/aromatic N) is 1. The van der Waals surface area contributed by atoms with E-state index in [2.05, 4.69) is 5.32 Å². The molecule has 2 N–H and O–H groups in total. The van der Waals surface area contributed by atoms with Crippen molar-refractivity contribution in [2.45, 2.75) is 20.4 Å². The fraction of sp³-hybridized carbons (Fsp3) is 0.312. The highest BCUT2D eigenvalue weighted by atomic mass is 16.6. The molecule has 1 heterocycles. The van der Waals surface area contributed by atoms with Gasteiger partial charge in [-0.15, -0.1) is 0 Å². The lowest BCUT2D eigenvalue weighted by atomic mass is 10.1. The molecular weight excluding hydrogens is 298 g/mol. The maximum absolute atomic E-state index is 12.1. The van der Waals surface area contributed by atoms with Gasteiger partial charge in [0, 0.05) is 6.07 Å². The maximum atomic E-state index is 12.1. The summed E-state index contributed by atoms with van der Waals surface area (Å²) in [7, 11) is 1.86. The molecule has 0 saturated heterocycles. The van der Waals surface area contributed by atoms with E-state index in [1.165, 1.54) is 6.07 Å². The molecule has 1 aromatic heterocycles. The molecule has 1 amide bonds. The van der Waals surface area contributed by atoms with Crippen LogP contribution in [0.15, 0.2) is 34.9 Å². The molecule has 0 spiro atoms. The molecular formula is C16H20N3O4+. The number of carbonyl (C=O) groups excluding carboxylic acids is 1. The van der Waals surface area contributed by atoms with E-state index >= 15 is 0 Å². The van der Waals surface area contributed by atoms with Crippen molar-refractivity contribution in [2.75, 3.05) is 18.9 Å². The van der Waals surface area contributed by atoms with Crippen molar-refractivity contribution >= 4 is 17.3 Å². The van der Waals surface area contributed by atoms with Crippen LogP contribution in [0.5, 0.6) is 0 Å². The third-order valence-electron chi connectivity index (χ3n) is 3.60. The number of nitro groups is 1. The summed E-state index contributed by atoms with van der Waals surface area (Å²) in [5.41, 5.74) is 1.84. The third kappa shape index (κ3) is 4.40. The molecule has 0 bridgehead atoms. The molecule has 0 radical (unpaired) electrons. The number of hydrogen-bond donors (Lipinski definition) is 2. The molecule has 0 aliphatic heterocycles. The molecule has 7 heteroatoms. The molecule has 23 heavy (non-hydrogen) atoms. The van der Waals surface area contributed by atoms with Gasteiger partial charge in [-0.25, -0.2) is 0 Å². The number of aryl methyl sites for hydroxylation is 2. The molecule has 0 aliphatic carbocycles. The zero-order valence-electron chi connectivity index (χ0n) is 13.4. The Morgan fingerprint density at radius 3 is 2.65 bits per heavy atom. The van der Waals surface area contributed by atoms with Gasteiger partial charge in [-0.05, 0) is 43.2 Å². The van der Waals surface area contributed by atoms with Crippen LogP contribution in [0.2, 0.25) is 0 Å². The number of nitro benzene ring substituents is 1. The Morgan fingerprint density at radius 1 is 1.35 bits per heavy atom. The minimum Gasteiger partial charge on any atom is -0.463 e. The topological polar surface area (TPSA) is 89.8 Å². The number of benzene rings is 1. The van der Waals surface area contributed by atoms with Gasteiger partial charge in [-0.1, -0.05) is 0 Å². The first-order chi connectivity index (χ1) is 10.9. The summed E-state index contributed by atoms with van der Waals surface area (Å²) in [4.78, 5) is 23.7. The Balaban J connectivity index is 2.05. The van der Waals surface area contributed by atoms with Gasteiger partial charge in [0.25, 0.3) is 11.6 Å². The smallest absolute Gasteiger partial charge is 0.293 e. The molecule has 0 saturated carbocycles. The Bertz CT molecular complexity index is 710. The van der Waals surface area contributed by atoms with Crippen LogP contribution < -0.4 is 10.2 Å². The van der Waals surface area contributed by atoms with Crippen LogP contribution in [0.25, 0.3) is 0 Å². The fourth-order valence-electron chi connectivity index (χ4n) is 2.29. The maximum Gasteiger partial charge on any atom is 0.293 e. The summed E-state index contributed by atoms with van der Waals surface area (Å²) in [6, 6.07) is 6.74. The lowest BCUT2D eigenvalue weighted by Gasteiger charge is -2.13. The van der Waals surface area contributed by atoms with Crippen LogP contribution in [0, 0.1) is 24.0 Å². The quantitative estimate of drug-likeness (QED) is 0.623. The molecule has 2 aromatic rings. The lowest BCUT2D eigenvalue weighted by molar-refractivity contribution is -0.886.